The average Bonchev–Trinajstić information content (AvgIpc) is 2.83. The molecule has 3 rings (SSSR count). The monoisotopic (exact) mass is 294 g/mol. The molecule has 3 N–H and O–H groups in total. The summed E-state index contributed by atoms with van der Waals surface area (Å²) in [4.78, 5) is 14.3. The fourth-order valence-electron chi connectivity index (χ4n) is 3.54. The first-order valence-corrected chi connectivity index (χ1v) is 7.47. The van der Waals surface area contributed by atoms with Gasteiger partial charge in [0.1, 0.15) is 5.75 Å². The van der Waals surface area contributed by atoms with E-state index in [1.807, 2.05) is 4.90 Å². The Balaban J connectivity index is 1.78. The molecule has 0 bridgehead atoms. The summed E-state index contributed by atoms with van der Waals surface area (Å²) in [5, 5.41) is 10.3. The van der Waals surface area contributed by atoms with Gasteiger partial charge in [-0.05, 0) is 42.9 Å². The first-order chi connectivity index (χ1) is 9.56. The van der Waals surface area contributed by atoms with E-state index in [1.165, 1.54) is 6.07 Å². The van der Waals surface area contributed by atoms with Gasteiger partial charge in [0.2, 0.25) is 0 Å². The van der Waals surface area contributed by atoms with E-state index in [-0.39, 0.29) is 17.7 Å². The molecule has 3 atom stereocenters. The molecule has 0 spiro atoms. The molecule has 2 aliphatic rings. The molecule has 1 saturated heterocycles. The van der Waals surface area contributed by atoms with Crippen LogP contribution in [0.2, 0.25) is 5.02 Å². The molecular formula is C15H19ClN2O2. The smallest absolute Gasteiger partial charge is 0.257 e. The number of nitrogens with two attached hydrogens (primary N) is 1. The van der Waals surface area contributed by atoms with Crippen LogP contribution in [0.1, 0.15) is 29.6 Å². The second-order valence-corrected chi connectivity index (χ2v) is 6.33. The first-order valence-electron chi connectivity index (χ1n) is 7.09. The molecule has 20 heavy (non-hydrogen) atoms. The number of fused-ring (bicyclic) bond motifs is 1. The van der Waals surface area contributed by atoms with Crippen molar-refractivity contribution in [1.29, 1.82) is 0 Å². The van der Waals surface area contributed by atoms with E-state index < -0.39 is 0 Å². The molecule has 1 aromatic carbocycles. The summed E-state index contributed by atoms with van der Waals surface area (Å²) >= 11 is 5.80. The number of halogens is 1. The predicted molar refractivity (Wildman–Crippen MR) is 77.8 cm³/mol. The molecule has 5 heteroatoms. The average molecular weight is 295 g/mol. The van der Waals surface area contributed by atoms with Crippen LogP contribution in [0.4, 0.5) is 0 Å². The van der Waals surface area contributed by atoms with Crippen LogP contribution in [0, 0.1) is 11.8 Å². The molecule has 0 aromatic heterocycles. The van der Waals surface area contributed by atoms with E-state index >= 15 is 0 Å². The summed E-state index contributed by atoms with van der Waals surface area (Å²) < 4.78 is 0. The molecule has 1 aliphatic heterocycles. The van der Waals surface area contributed by atoms with E-state index in [1.54, 1.807) is 12.1 Å². The number of rotatable bonds is 1. The topological polar surface area (TPSA) is 66.6 Å². The van der Waals surface area contributed by atoms with Crippen LogP contribution in [-0.4, -0.2) is 35.0 Å². The number of aromatic hydroxyl groups is 1. The van der Waals surface area contributed by atoms with Crippen molar-refractivity contribution in [2.75, 3.05) is 13.1 Å². The maximum Gasteiger partial charge on any atom is 0.257 e. The first kappa shape index (κ1) is 13.7. The quantitative estimate of drug-likeness (QED) is 0.835. The summed E-state index contributed by atoms with van der Waals surface area (Å²) in [7, 11) is 0. The van der Waals surface area contributed by atoms with Gasteiger partial charge in [-0.25, -0.2) is 0 Å². The second-order valence-electron chi connectivity index (χ2n) is 5.89. The normalized spacial score (nSPS) is 29.3. The Bertz CT molecular complexity index is 535. The number of amides is 1. The second kappa shape index (κ2) is 5.26. The Morgan fingerprint density at radius 2 is 2.15 bits per heavy atom. The molecule has 108 valence electrons. The Hall–Kier alpha value is -1.26. The van der Waals surface area contributed by atoms with Crippen LogP contribution in [0.25, 0.3) is 0 Å². The van der Waals surface area contributed by atoms with Crippen molar-refractivity contribution in [3.63, 3.8) is 0 Å². The van der Waals surface area contributed by atoms with Crippen LogP contribution in [0.5, 0.6) is 5.75 Å². The van der Waals surface area contributed by atoms with Gasteiger partial charge in [-0.3, -0.25) is 4.79 Å². The number of hydrogen-bond acceptors (Lipinski definition) is 3. The lowest BCUT2D eigenvalue weighted by molar-refractivity contribution is 0.0780. The highest BCUT2D eigenvalue weighted by atomic mass is 35.5. The summed E-state index contributed by atoms with van der Waals surface area (Å²) in [5.74, 6) is 0.738. The van der Waals surface area contributed by atoms with Gasteiger partial charge < -0.3 is 15.7 Å². The van der Waals surface area contributed by atoms with E-state index in [0.717, 1.165) is 25.8 Å². The third-order valence-corrected chi connectivity index (χ3v) is 4.87. The number of carbonyl (C=O) groups is 1. The number of phenolic OH excluding ortho intramolecular Hbond substituents is 1. The zero-order chi connectivity index (χ0) is 14.3. The number of nitrogens with zero attached hydrogens (tertiary/aromatic N) is 1. The number of benzene rings is 1. The summed E-state index contributed by atoms with van der Waals surface area (Å²) in [6, 6.07) is 4.82. The molecule has 2 fully saturated rings. The fraction of sp³-hybridized carbons (Fsp3) is 0.533. The highest BCUT2D eigenvalue weighted by Gasteiger charge is 2.40. The van der Waals surface area contributed by atoms with E-state index in [0.29, 0.717) is 29.0 Å². The Morgan fingerprint density at radius 3 is 2.85 bits per heavy atom. The number of carbonyl (C=O) groups excluding carboxylic acids is 1. The fourth-order valence-corrected chi connectivity index (χ4v) is 3.70. The number of phenols is 1. The molecule has 4 nitrogen and oxygen atoms in total. The lowest BCUT2D eigenvalue weighted by Gasteiger charge is -2.29. The van der Waals surface area contributed by atoms with Gasteiger partial charge in [-0.1, -0.05) is 18.0 Å². The van der Waals surface area contributed by atoms with Gasteiger partial charge in [0.05, 0.1) is 5.56 Å². The number of hydrogen-bond donors (Lipinski definition) is 2. The maximum atomic E-state index is 12.5. The SMILES string of the molecule is NC1CCCC2CN(C(=O)c3ccc(Cl)cc3O)CC12. The summed E-state index contributed by atoms with van der Waals surface area (Å²) in [5.41, 5.74) is 6.49. The largest absolute Gasteiger partial charge is 0.507 e. The van der Waals surface area contributed by atoms with Crippen molar-refractivity contribution >= 4 is 17.5 Å². The minimum absolute atomic E-state index is 0.0540. The van der Waals surface area contributed by atoms with Crippen molar-refractivity contribution in [1.82, 2.24) is 4.90 Å². The van der Waals surface area contributed by atoms with Gasteiger partial charge in [0.15, 0.2) is 0 Å². The van der Waals surface area contributed by atoms with Crippen LogP contribution in [0.3, 0.4) is 0 Å². The van der Waals surface area contributed by atoms with E-state index in [4.69, 9.17) is 17.3 Å². The highest BCUT2D eigenvalue weighted by molar-refractivity contribution is 6.30. The zero-order valence-corrected chi connectivity index (χ0v) is 12.0. The van der Waals surface area contributed by atoms with Crippen molar-refractivity contribution in [3.8, 4) is 5.75 Å². The lowest BCUT2D eigenvalue weighted by Crippen LogP contribution is -2.38. The van der Waals surface area contributed by atoms with Crippen molar-refractivity contribution < 1.29 is 9.90 Å². The Labute approximate surface area is 123 Å². The Kier molecular flexibility index (Phi) is 3.61. The molecular weight excluding hydrogens is 276 g/mol. The van der Waals surface area contributed by atoms with Crippen LogP contribution < -0.4 is 5.73 Å². The summed E-state index contributed by atoms with van der Waals surface area (Å²) in [6.07, 6.45) is 3.35. The third kappa shape index (κ3) is 2.38. The summed E-state index contributed by atoms with van der Waals surface area (Å²) in [6.45, 7) is 1.45. The minimum atomic E-state index is -0.124. The standard InChI is InChI=1S/C15H19ClN2O2/c16-10-4-5-11(14(19)6-10)15(20)18-7-9-2-1-3-13(17)12(9)8-18/h4-6,9,12-13,19H,1-3,7-8,17H2. The van der Waals surface area contributed by atoms with Crippen LogP contribution in [0.15, 0.2) is 18.2 Å². The molecule has 1 aliphatic carbocycles. The van der Waals surface area contributed by atoms with Crippen molar-refractivity contribution in [2.45, 2.75) is 25.3 Å². The molecule has 1 aromatic rings. The van der Waals surface area contributed by atoms with E-state index in [2.05, 4.69) is 0 Å². The van der Waals surface area contributed by atoms with Gasteiger partial charge >= 0.3 is 0 Å². The molecule has 1 saturated carbocycles. The van der Waals surface area contributed by atoms with Crippen LogP contribution >= 0.6 is 11.6 Å². The van der Waals surface area contributed by atoms with Crippen molar-refractivity contribution in [2.24, 2.45) is 17.6 Å². The minimum Gasteiger partial charge on any atom is -0.507 e. The van der Waals surface area contributed by atoms with Crippen LogP contribution in [-0.2, 0) is 0 Å². The van der Waals surface area contributed by atoms with Gasteiger partial charge in [-0.2, -0.15) is 0 Å². The van der Waals surface area contributed by atoms with Crippen molar-refractivity contribution in [3.05, 3.63) is 28.8 Å². The molecule has 1 amide bonds. The predicted octanol–water partition coefficient (Wildman–Crippen LogP) is 2.25. The maximum absolute atomic E-state index is 12.5. The molecule has 3 unspecified atom stereocenters. The number of likely N-dealkylation sites (tertiary alicyclic amines) is 1. The van der Waals surface area contributed by atoms with E-state index in [9.17, 15) is 9.90 Å². The van der Waals surface area contributed by atoms with Gasteiger partial charge in [0.25, 0.3) is 5.91 Å². The zero-order valence-electron chi connectivity index (χ0n) is 11.3. The lowest BCUT2D eigenvalue weighted by atomic mass is 9.78. The third-order valence-electron chi connectivity index (χ3n) is 4.63. The highest BCUT2D eigenvalue weighted by Crippen LogP contribution is 2.36. The van der Waals surface area contributed by atoms with Gasteiger partial charge in [-0.15, -0.1) is 0 Å². The van der Waals surface area contributed by atoms with Gasteiger partial charge in [0, 0.05) is 24.2 Å². The molecule has 1 heterocycles. The molecule has 0 radical (unpaired) electrons. The Morgan fingerprint density at radius 1 is 1.35 bits per heavy atom.